The van der Waals surface area contributed by atoms with Gasteiger partial charge in [-0.2, -0.15) is 0 Å². The van der Waals surface area contributed by atoms with Gasteiger partial charge in [0.25, 0.3) is 6.47 Å². The number of esters is 1. The Morgan fingerprint density at radius 3 is 2.55 bits per heavy atom. The fourth-order valence-corrected chi connectivity index (χ4v) is 0.405. The van der Waals surface area contributed by atoms with Gasteiger partial charge >= 0.3 is 5.97 Å². The molecule has 0 radical (unpaired) electrons. The Hall–Kier alpha value is -1.06. The van der Waals surface area contributed by atoms with Crippen LogP contribution < -0.4 is 0 Å². The number of ether oxygens (including phenoxy) is 2. The van der Waals surface area contributed by atoms with E-state index in [1.165, 1.54) is 0 Å². The van der Waals surface area contributed by atoms with E-state index in [-0.39, 0.29) is 25.1 Å². The Morgan fingerprint density at radius 2 is 2.09 bits per heavy atom. The molecule has 0 aromatic carbocycles. The van der Waals surface area contributed by atoms with Crippen LogP contribution in [0, 0.1) is 5.92 Å². The SMILES string of the molecule is CC(C)C(=O)OCCOC=O. The topological polar surface area (TPSA) is 52.6 Å². The van der Waals surface area contributed by atoms with Crippen molar-refractivity contribution in [3.05, 3.63) is 0 Å². The van der Waals surface area contributed by atoms with E-state index in [2.05, 4.69) is 9.47 Å². The zero-order valence-electron chi connectivity index (χ0n) is 6.70. The first kappa shape index (κ1) is 9.94. The van der Waals surface area contributed by atoms with Crippen molar-refractivity contribution < 1.29 is 19.1 Å². The van der Waals surface area contributed by atoms with Gasteiger partial charge < -0.3 is 9.47 Å². The Bertz CT molecular complexity index is 130. The third kappa shape index (κ3) is 5.39. The lowest BCUT2D eigenvalue weighted by molar-refractivity contribution is -0.150. The largest absolute Gasteiger partial charge is 0.464 e. The minimum atomic E-state index is -0.278. The zero-order valence-corrected chi connectivity index (χ0v) is 6.70. The van der Waals surface area contributed by atoms with Crippen molar-refractivity contribution in [1.82, 2.24) is 0 Å². The highest BCUT2D eigenvalue weighted by Gasteiger charge is 2.06. The van der Waals surface area contributed by atoms with E-state index >= 15 is 0 Å². The number of rotatable bonds is 5. The predicted molar refractivity (Wildman–Crippen MR) is 37.8 cm³/mol. The first-order valence-electron chi connectivity index (χ1n) is 3.40. The Labute approximate surface area is 65.5 Å². The lowest BCUT2D eigenvalue weighted by Crippen LogP contribution is -2.14. The summed E-state index contributed by atoms with van der Waals surface area (Å²) in [7, 11) is 0. The summed E-state index contributed by atoms with van der Waals surface area (Å²) in [4.78, 5) is 20.4. The Balaban J connectivity index is 3.24. The van der Waals surface area contributed by atoms with E-state index in [1.807, 2.05) is 0 Å². The third-order valence-corrected chi connectivity index (χ3v) is 0.985. The van der Waals surface area contributed by atoms with E-state index in [9.17, 15) is 9.59 Å². The monoisotopic (exact) mass is 160 g/mol. The average Bonchev–Trinajstić information content (AvgIpc) is 1.97. The molecule has 0 fully saturated rings. The van der Waals surface area contributed by atoms with Crippen molar-refractivity contribution in [3.63, 3.8) is 0 Å². The molecule has 0 rings (SSSR count). The highest BCUT2D eigenvalue weighted by Crippen LogP contribution is 1.94. The molecule has 0 spiro atoms. The molecule has 64 valence electrons. The second-order valence-electron chi connectivity index (χ2n) is 2.29. The molecule has 0 aromatic heterocycles. The zero-order chi connectivity index (χ0) is 8.69. The van der Waals surface area contributed by atoms with Gasteiger partial charge in [-0.1, -0.05) is 13.8 Å². The van der Waals surface area contributed by atoms with Crippen molar-refractivity contribution in [2.24, 2.45) is 5.92 Å². The maximum atomic E-state index is 10.7. The lowest BCUT2D eigenvalue weighted by Gasteiger charge is -2.05. The highest BCUT2D eigenvalue weighted by molar-refractivity contribution is 5.71. The normalized spacial score (nSPS) is 9.36. The molecule has 0 aliphatic carbocycles. The fourth-order valence-electron chi connectivity index (χ4n) is 0.405. The van der Waals surface area contributed by atoms with Crippen molar-refractivity contribution in [3.8, 4) is 0 Å². The Morgan fingerprint density at radius 1 is 1.45 bits per heavy atom. The summed E-state index contributed by atoms with van der Waals surface area (Å²) in [6.45, 7) is 4.06. The maximum Gasteiger partial charge on any atom is 0.308 e. The molecule has 0 amide bonds. The van der Waals surface area contributed by atoms with Crippen molar-refractivity contribution in [1.29, 1.82) is 0 Å². The quantitative estimate of drug-likeness (QED) is 0.331. The van der Waals surface area contributed by atoms with Gasteiger partial charge in [-0.05, 0) is 0 Å². The summed E-state index contributed by atoms with van der Waals surface area (Å²) in [6, 6.07) is 0. The second-order valence-corrected chi connectivity index (χ2v) is 2.29. The van der Waals surface area contributed by atoms with Crippen LogP contribution in [0.4, 0.5) is 0 Å². The standard InChI is InChI=1S/C7H12O4/c1-6(2)7(9)11-4-3-10-5-8/h5-6H,3-4H2,1-2H3. The van der Waals surface area contributed by atoms with Crippen LogP contribution in [0.2, 0.25) is 0 Å². The molecule has 0 N–H and O–H groups in total. The summed E-state index contributed by atoms with van der Waals surface area (Å²) in [5.74, 6) is -0.411. The van der Waals surface area contributed by atoms with Crippen molar-refractivity contribution in [2.75, 3.05) is 13.2 Å². The molecular formula is C7H12O4. The molecule has 0 bridgehead atoms. The smallest absolute Gasteiger partial charge is 0.308 e. The molecule has 0 aromatic rings. The number of hydrogen-bond acceptors (Lipinski definition) is 4. The van der Waals surface area contributed by atoms with Gasteiger partial charge in [0.05, 0.1) is 5.92 Å². The summed E-state index contributed by atoms with van der Waals surface area (Å²) in [6.07, 6.45) is 0. The van der Waals surface area contributed by atoms with Crippen LogP contribution in [0.15, 0.2) is 0 Å². The van der Waals surface area contributed by atoms with Gasteiger partial charge in [-0.15, -0.1) is 0 Å². The average molecular weight is 160 g/mol. The predicted octanol–water partition coefficient (Wildman–Crippen LogP) is 0.359. The maximum absolute atomic E-state index is 10.7. The number of hydrogen-bond donors (Lipinski definition) is 0. The minimum absolute atomic E-state index is 0.127. The summed E-state index contributed by atoms with van der Waals surface area (Å²) in [5, 5.41) is 0. The van der Waals surface area contributed by atoms with Gasteiger partial charge in [-0.25, -0.2) is 0 Å². The van der Waals surface area contributed by atoms with Crippen LogP contribution in [-0.2, 0) is 19.1 Å². The highest BCUT2D eigenvalue weighted by atomic mass is 16.6. The molecule has 4 nitrogen and oxygen atoms in total. The molecular weight excluding hydrogens is 148 g/mol. The van der Waals surface area contributed by atoms with Gasteiger partial charge in [0, 0.05) is 0 Å². The Kier molecular flexibility index (Phi) is 5.15. The van der Waals surface area contributed by atoms with Gasteiger partial charge in [-0.3, -0.25) is 9.59 Å². The van der Waals surface area contributed by atoms with E-state index in [4.69, 9.17) is 0 Å². The fraction of sp³-hybridized carbons (Fsp3) is 0.714. The first-order valence-corrected chi connectivity index (χ1v) is 3.40. The van der Waals surface area contributed by atoms with Gasteiger partial charge in [0.15, 0.2) is 0 Å². The van der Waals surface area contributed by atoms with Crippen LogP contribution in [0.5, 0.6) is 0 Å². The molecule has 0 saturated carbocycles. The second kappa shape index (κ2) is 5.70. The molecule has 0 atom stereocenters. The molecule has 0 aliphatic rings. The van der Waals surface area contributed by atoms with E-state index < -0.39 is 0 Å². The molecule has 0 heterocycles. The van der Waals surface area contributed by atoms with E-state index in [0.29, 0.717) is 6.47 Å². The minimum Gasteiger partial charge on any atom is -0.464 e. The summed E-state index contributed by atoms with van der Waals surface area (Å²) >= 11 is 0. The third-order valence-electron chi connectivity index (χ3n) is 0.985. The first-order chi connectivity index (χ1) is 5.18. The van der Waals surface area contributed by atoms with Gasteiger partial charge in [0.1, 0.15) is 13.2 Å². The molecule has 11 heavy (non-hydrogen) atoms. The van der Waals surface area contributed by atoms with Crippen LogP contribution in [0.1, 0.15) is 13.8 Å². The van der Waals surface area contributed by atoms with Crippen molar-refractivity contribution in [2.45, 2.75) is 13.8 Å². The van der Waals surface area contributed by atoms with E-state index in [1.54, 1.807) is 13.8 Å². The van der Waals surface area contributed by atoms with Crippen LogP contribution in [-0.4, -0.2) is 25.7 Å². The molecule has 0 aliphatic heterocycles. The molecule has 0 unspecified atom stereocenters. The van der Waals surface area contributed by atoms with Crippen LogP contribution >= 0.6 is 0 Å². The molecule has 4 heteroatoms. The summed E-state index contributed by atoms with van der Waals surface area (Å²) < 4.78 is 8.99. The molecule has 0 saturated heterocycles. The lowest BCUT2D eigenvalue weighted by atomic mass is 10.2. The summed E-state index contributed by atoms with van der Waals surface area (Å²) in [5.41, 5.74) is 0. The number of carbonyl (C=O) groups is 2. The van der Waals surface area contributed by atoms with Crippen LogP contribution in [0.3, 0.4) is 0 Å². The number of carbonyl (C=O) groups excluding carboxylic acids is 2. The van der Waals surface area contributed by atoms with Gasteiger partial charge in [0.2, 0.25) is 0 Å². The van der Waals surface area contributed by atoms with E-state index in [0.717, 1.165) is 0 Å². The van der Waals surface area contributed by atoms with Crippen molar-refractivity contribution >= 4 is 12.4 Å². The van der Waals surface area contributed by atoms with Crippen LogP contribution in [0.25, 0.3) is 0 Å².